The average molecular weight is 258 g/mol. The number of allylic oxidation sites excluding steroid dienone is 1. The molecule has 1 aliphatic heterocycles. The molecule has 1 nitrogen and oxygen atoms in total. The maximum atomic E-state index is 4.81. The first kappa shape index (κ1) is 9.66. The Morgan fingerprint density at radius 1 is 1.67 bits per heavy atom. The molecule has 0 N–H and O–H groups in total. The summed E-state index contributed by atoms with van der Waals surface area (Å²) in [6.07, 6.45) is 2.34. The molecule has 0 amide bonds. The number of hydrogen-bond donors (Lipinski definition) is 0. The van der Waals surface area contributed by atoms with Gasteiger partial charge in [0.2, 0.25) is 0 Å². The van der Waals surface area contributed by atoms with E-state index in [2.05, 4.69) is 38.4 Å². The van der Waals surface area contributed by atoms with Crippen LogP contribution in [0.4, 0.5) is 0 Å². The van der Waals surface area contributed by atoms with E-state index in [9.17, 15) is 0 Å². The Hall–Kier alpha value is 0.660. The fourth-order valence-electron chi connectivity index (χ4n) is 0.157. The van der Waals surface area contributed by atoms with Crippen molar-refractivity contribution >= 4 is 31.9 Å². The largest absolute Gasteiger partial charge is 0.372 e. The van der Waals surface area contributed by atoms with Crippen molar-refractivity contribution in [2.75, 3.05) is 17.3 Å². The quantitative estimate of drug-likeness (QED) is 0.420. The predicted molar refractivity (Wildman–Crippen MR) is 47.5 cm³/mol. The van der Waals surface area contributed by atoms with Gasteiger partial charge in [-0.25, -0.2) is 0 Å². The van der Waals surface area contributed by atoms with Crippen molar-refractivity contribution in [2.24, 2.45) is 0 Å². The van der Waals surface area contributed by atoms with E-state index in [-0.39, 0.29) is 0 Å². The Morgan fingerprint density at radius 3 is 2.11 bits per heavy atom. The van der Waals surface area contributed by atoms with Crippen molar-refractivity contribution in [1.29, 1.82) is 0 Å². The maximum Gasteiger partial charge on any atom is 0.0906 e. The lowest BCUT2D eigenvalue weighted by Gasteiger charge is -1.67. The van der Waals surface area contributed by atoms with E-state index in [0.29, 0.717) is 6.10 Å². The number of alkyl halides is 2. The van der Waals surface area contributed by atoms with Gasteiger partial charge < -0.3 is 4.74 Å². The lowest BCUT2D eigenvalue weighted by Crippen LogP contribution is -1.79. The highest BCUT2D eigenvalue weighted by Gasteiger charge is 2.19. The molecule has 0 aromatic rings. The highest BCUT2D eigenvalue weighted by atomic mass is 79.9. The van der Waals surface area contributed by atoms with Crippen LogP contribution in [0.5, 0.6) is 0 Å². The molecule has 1 atom stereocenters. The molecule has 0 saturated carbocycles. The number of halogens is 2. The summed E-state index contributed by atoms with van der Waals surface area (Å²) in [5, 5.41) is 1.90. The molecule has 0 bridgehead atoms. The zero-order valence-electron chi connectivity index (χ0n) is 5.15. The van der Waals surface area contributed by atoms with E-state index in [1.54, 1.807) is 6.08 Å². The Balaban J connectivity index is 0.000000148. The number of epoxide rings is 1. The highest BCUT2D eigenvalue weighted by Crippen LogP contribution is 2.09. The Morgan fingerprint density at radius 2 is 2.11 bits per heavy atom. The Kier molecular flexibility index (Phi) is 7.27. The van der Waals surface area contributed by atoms with Crippen LogP contribution in [-0.4, -0.2) is 23.4 Å². The van der Waals surface area contributed by atoms with Crippen molar-refractivity contribution < 1.29 is 4.74 Å². The molecule has 1 unspecified atom stereocenters. The first-order valence-corrected chi connectivity index (χ1v) is 4.93. The van der Waals surface area contributed by atoms with Crippen molar-refractivity contribution in [3.05, 3.63) is 12.7 Å². The fraction of sp³-hybridized carbons (Fsp3) is 0.667. The second-order valence-corrected chi connectivity index (χ2v) is 2.85. The zero-order valence-corrected chi connectivity index (χ0v) is 8.32. The molecule has 1 fully saturated rings. The van der Waals surface area contributed by atoms with Crippen molar-refractivity contribution in [2.45, 2.75) is 6.10 Å². The van der Waals surface area contributed by atoms with Gasteiger partial charge in [0.05, 0.1) is 12.7 Å². The van der Waals surface area contributed by atoms with Gasteiger partial charge >= 0.3 is 0 Å². The minimum atomic E-state index is 0.551. The van der Waals surface area contributed by atoms with Gasteiger partial charge in [-0.3, -0.25) is 0 Å². The second-order valence-electron chi connectivity index (χ2n) is 1.55. The van der Waals surface area contributed by atoms with Crippen molar-refractivity contribution in [1.82, 2.24) is 0 Å². The fourth-order valence-corrected chi connectivity index (χ4v) is 0.531. The minimum Gasteiger partial charge on any atom is -0.372 e. The maximum absolute atomic E-state index is 4.81. The lowest BCUT2D eigenvalue weighted by atomic mass is 10.6. The van der Waals surface area contributed by atoms with Crippen LogP contribution in [0.1, 0.15) is 0 Å². The summed E-state index contributed by atoms with van der Waals surface area (Å²) >= 11 is 6.38. The molecule has 9 heavy (non-hydrogen) atoms. The molecule has 1 rings (SSSR count). The molecule has 54 valence electrons. The van der Waals surface area contributed by atoms with Crippen LogP contribution in [0, 0.1) is 0 Å². The first-order chi connectivity index (χ1) is 4.35. The summed E-state index contributed by atoms with van der Waals surface area (Å²) in [7, 11) is 0. The van der Waals surface area contributed by atoms with Gasteiger partial charge in [-0.2, -0.15) is 0 Å². The van der Waals surface area contributed by atoms with Gasteiger partial charge in [0, 0.05) is 10.7 Å². The topological polar surface area (TPSA) is 12.5 Å². The Bertz CT molecular complexity index is 71.5. The van der Waals surface area contributed by atoms with E-state index in [1.165, 1.54) is 0 Å². The molecule has 0 spiro atoms. The summed E-state index contributed by atoms with van der Waals surface area (Å²) < 4.78 is 4.81. The summed E-state index contributed by atoms with van der Waals surface area (Å²) in [6.45, 7) is 4.40. The molecular weight excluding hydrogens is 248 g/mol. The van der Waals surface area contributed by atoms with Crippen LogP contribution >= 0.6 is 31.9 Å². The molecule has 0 aromatic heterocycles. The molecule has 3 heteroatoms. The molecule has 0 aliphatic carbocycles. The van der Waals surface area contributed by atoms with Crippen LogP contribution in [-0.2, 0) is 4.74 Å². The van der Waals surface area contributed by atoms with Gasteiger partial charge in [-0.1, -0.05) is 37.9 Å². The summed E-state index contributed by atoms with van der Waals surface area (Å²) in [5.41, 5.74) is 0. The molecule has 0 radical (unpaired) electrons. The zero-order chi connectivity index (χ0) is 7.11. The SMILES string of the molecule is BrCC1CO1.C=CCBr. The molecule has 1 aliphatic rings. The van der Waals surface area contributed by atoms with Crippen LogP contribution in [0.15, 0.2) is 12.7 Å². The van der Waals surface area contributed by atoms with E-state index >= 15 is 0 Å². The summed E-state index contributed by atoms with van der Waals surface area (Å²) in [4.78, 5) is 0. The minimum absolute atomic E-state index is 0.551. The monoisotopic (exact) mass is 256 g/mol. The number of hydrogen-bond acceptors (Lipinski definition) is 1. The number of rotatable bonds is 2. The molecule has 1 heterocycles. The van der Waals surface area contributed by atoms with Gasteiger partial charge in [0.15, 0.2) is 0 Å². The molecular formula is C6H10Br2O. The van der Waals surface area contributed by atoms with Gasteiger partial charge in [0.25, 0.3) is 0 Å². The molecule has 0 aromatic carbocycles. The second kappa shape index (κ2) is 6.78. The van der Waals surface area contributed by atoms with Crippen molar-refractivity contribution in [3.8, 4) is 0 Å². The lowest BCUT2D eigenvalue weighted by molar-refractivity contribution is 0.427. The van der Waals surface area contributed by atoms with E-state index in [4.69, 9.17) is 4.74 Å². The van der Waals surface area contributed by atoms with Crippen molar-refractivity contribution in [3.63, 3.8) is 0 Å². The smallest absolute Gasteiger partial charge is 0.0906 e. The van der Waals surface area contributed by atoms with E-state index in [0.717, 1.165) is 17.3 Å². The third-order valence-electron chi connectivity index (χ3n) is 0.684. The van der Waals surface area contributed by atoms with Crippen LogP contribution in [0.2, 0.25) is 0 Å². The third-order valence-corrected chi connectivity index (χ3v) is 1.86. The third kappa shape index (κ3) is 8.66. The summed E-state index contributed by atoms with van der Waals surface area (Å²) in [6, 6.07) is 0. The van der Waals surface area contributed by atoms with Gasteiger partial charge in [-0.15, -0.1) is 6.58 Å². The van der Waals surface area contributed by atoms with E-state index in [1.807, 2.05) is 0 Å². The van der Waals surface area contributed by atoms with E-state index < -0.39 is 0 Å². The predicted octanol–water partition coefficient (Wildman–Crippen LogP) is 2.35. The van der Waals surface area contributed by atoms with Gasteiger partial charge in [0.1, 0.15) is 0 Å². The number of ether oxygens (including phenoxy) is 1. The highest BCUT2D eigenvalue weighted by molar-refractivity contribution is 9.09. The summed E-state index contributed by atoms with van der Waals surface area (Å²) in [5.74, 6) is 0. The average Bonchev–Trinajstić information content (AvgIpc) is 2.70. The standard InChI is InChI=1S/C3H5BrO.C3H5Br/c4-1-3-2-5-3;1-2-3-4/h3H,1-2H2;2H,1,3H2. The van der Waals surface area contributed by atoms with Crippen LogP contribution in [0.3, 0.4) is 0 Å². The van der Waals surface area contributed by atoms with Gasteiger partial charge in [-0.05, 0) is 0 Å². The van der Waals surface area contributed by atoms with Crippen LogP contribution < -0.4 is 0 Å². The molecule has 1 saturated heterocycles. The van der Waals surface area contributed by atoms with Crippen LogP contribution in [0.25, 0.3) is 0 Å². The Labute approximate surface area is 72.7 Å². The normalized spacial score (nSPS) is 21.8. The first-order valence-electron chi connectivity index (χ1n) is 2.69.